The number of benzene rings is 2. The molecule has 0 spiro atoms. The van der Waals surface area contributed by atoms with Gasteiger partial charge in [-0.15, -0.1) is 6.42 Å². The van der Waals surface area contributed by atoms with E-state index in [2.05, 4.69) is 20.8 Å². The molecule has 3 unspecified atom stereocenters. The maximum Gasteiger partial charge on any atom is 0.319 e. The molecule has 4 aromatic rings. The van der Waals surface area contributed by atoms with Gasteiger partial charge in [0.05, 0.1) is 39.0 Å². The number of fused-ring (bicyclic) bond motifs is 3. The highest BCUT2D eigenvalue weighted by molar-refractivity contribution is 6.04. The van der Waals surface area contributed by atoms with Gasteiger partial charge < -0.3 is 34.2 Å². The van der Waals surface area contributed by atoms with E-state index in [1.807, 2.05) is 11.8 Å². The van der Waals surface area contributed by atoms with Gasteiger partial charge in [0.25, 0.3) is 0 Å². The van der Waals surface area contributed by atoms with Gasteiger partial charge in [0.15, 0.2) is 5.82 Å². The molecule has 14 heteroatoms. The summed E-state index contributed by atoms with van der Waals surface area (Å²) in [7, 11) is 1.39. The first-order chi connectivity index (χ1) is 26.9. The van der Waals surface area contributed by atoms with Crippen molar-refractivity contribution in [2.45, 2.75) is 64.0 Å². The van der Waals surface area contributed by atoms with Crippen molar-refractivity contribution in [3.63, 3.8) is 0 Å². The van der Waals surface area contributed by atoms with E-state index in [9.17, 15) is 15.0 Å². The topological polar surface area (TPSA) is 134 Å². The number of ether oxygens (including phenoxy) is 3. The lowest BCUT2D eigenvalue weighted by Gasteiger charge is -2.49. The Labute approximate surface area is 324 Å². The number of aliphatic hydroxyl groups is 1. The quantitative estimate of drug-likeness (QED) is 0.215. The average Bonchev–Trinajstić information content (AvgIpc) is 3.52. The summed E-state index contributed by atoms with van der Waals surface area (Å²) in [5.74, 6) is 1.51. The number of hydrogen-bond donors (Lipinski definition) is 2. The number of methoxy groups -OCH3 is 1. The van der Waals surface area contributed by atoms with E-state index in [-0.39, 0.29) is 87.6 Å². The Morgan fingerprint density at radius 1 is 1.12 bits per heavy atom. The van der Waals surface area contributed by atoms with Crippen LogP contribution in [0.15, 0.2) is 24.3 Å². The molecule has 12 nitrogen and oxygen atoms in total. The predicted molar refractivity (Wildman–Crippen MR) is 207 cm³/mol. The third kappa shape index (κ3) is 6.83. The van der Waals surface area contributed by atoms with Crippen molar-refractivity contribution in [1.82, 2.24) is 24.8 Å². The van der Waals surface area contributed by atoms with Gasteiger partial charge in [0.2, 0.25) is 11.8 Å². The average molecular weight is 771 g/mol. The summed E-state index contributed by atoms with van der Waals surface area (Å²) >= 11 is 0. The summed E-state index contributed by atoms with van der Waals surface area (Å²) in [5, 5.41) is 22.7. The monoisotopic (exact) mass is 770 g/mol. The van der Waals surface area contributed by atoms with Crippen molar-refractivity contribution in [3.8, 4) is 41.2 Å². The van der Waals surface area contributed by atoms with Crippen molar-refractivity contribution in [2.24, 2.45) is 11.3 Å². The van der Waals surface area contributed by atoms with Crippen LogP contribution in [0, 0.1) is 35.3 Å². The number of β-amino-alcohol motifs (C(OH)–C–C–N with tert-alkyl or cyclic N) is 1. The lowest BCUT2D eigenvalue weighted by atomic mass is 9.75. The molecule has 5 heterocycles. The Hall–Kier alpha value is -4.84. The maximum atomic E-state index is 17.3. The second kappa shape index (κ2) is 14.9. The second-order valence-corrected chi connectivity index (χ2v) is 16.1. The smallest absolute Gasteiger partial charge is 0.319 e. The van der Waals surface area contributed by atoms with Crippen molar-refractivity contribution >= 4 is 33.4 Å². The summed E-state index contributed by atoms with van der Waals surface area (Å²) in [6, 6.07) is 5.62. The van der Waals surface area contributed by atoms with Crippen LogP contribution in [0.1, 0.15) is 57.9 Å². The van der Waals surface area contributed by atoms with Crippen LogP contribution in [-0.2, 0) is 9.53 Å². The van der Waals surface area contributed by atoms with E-state index in [4.69, 9.17) is 25.6 Å². The SMILES string of the molecule is C#Cc1c(F)ccc2cc(O)cc(-c3nc(OC)c4c(N5CCOCC(C)(O)C5)nc(OCC56CCCC5N(CC5CN(C(=O)CC)C5)CCC6)nc4c3F)c12. The zero-order valence-electron chi connectivity index (χ0n) is 32.1. The number of nitrogens with zero attached hydrogens (tertiary/aromatic N) is 6. The first-order valence-electron chi connectivity index (χ1n) is 19.5. The van der Waals surface area contributed by atoms with E-state index in [1.165, 1.54) is 31.4 Å². The Morgan fingerprint density at radius 3 is 2.70 bits per heavy atom. The maximum absolute atomic E-state index is 17.3. The number of aromatic nitrogens is 3. The molecule has 4 fully saturated rings. The number of rotatable bonds is 9. The molecule has 3 aliphatic heterocycles. The number of pyridine rings is 1. The number of aromatic hydroxyl groups is 1. The van der Waals surface area contributed by atoms with Gasteiger partial charge in [-0.05, 0) is 62.7 Å². The number of hydrogen-bond acceptors (Lipinski definition) is 11. The van der Waals surface area contributed by atoms with Crippen LogP contribution < -0.4 is 14.4 Å². The second-order valence-electron chi connectivity index (χ2n) is 16.1. The first-order valence-corrected chi connectivity index (χ1v) is 19.5. The number of amides is 1. The lowest BCUT2D eigenvalue weighted by molar-refractivity contribution is -0.138. The van der Waals surface area contributed by atoms with Crippen molar-refractivity contribution in [2.75, 3.05) is 71.1 Å². The Kier molecular flexibility index (Phi) is 10.1. The zero-order valence-corrected chi connectivity index (χ0v) is 32.1. The number of phenolic OH excluding ortho intramolecular Hbond substituents is 1. The highest BCUT2D eigenvalue weighted by atomic mass is 19.1. The highest BCUT2D eigenvalue weighted by Gasteiger charge is 2.49. The molecule has 4 aliphatic rings. The van der Waals surface area contributed by atoms with Crippen LogP contribution in [0.25, 0.3) is 32.9 Å². The fourth-order valence-corrected chi connectivity index (χ4v) is 9.54. The van der Waals surface area contributed by atoms with Crippen LogP contribution in [0.3, 0.4) is 0 Å². The molecule has 3 saturated heterocycles. The number of carbonyl (C=O) groups is 1. The van der Waals surface area contributed by atoms with E-state index < -0.39 is 17.2 Å². The summed E-state index contributed by atoms with van der Waals surface area (Å²) < 4.78 is 50.5. The Balaban J connectivity index is 1.21. The van der Waals surface area contributed by atoms with Crippen LogP contribution >= 0.6 is 0 Å². The van der Waals surface area contributed by atoms with Crippen molar-refractivity contribution < 1.29 is 38.0 Å². The molecule has 56 heavy (non-hydrogen) atoms. The minimum absolute atomic E-state index is 0.0227. The van der Waals surface area contributed by atoms with Gasteiger partial charge in [0.1, 0.15) is 39.6 Å². The number of phenols is 1. The molecular weight excluding hydrogens is 722 g/mol. The van der Waals surface area contributed by atoms with E-state index in [0.29, 0.717) is 36.9 Å². The first kappa shape index (κ1) is 38.1. The molecule has 2 aromatic carbocycles. The van der Waals surface area contributed by atoms with Crippen LogP contribution in [0.5, 0.6) is 17.6 Å². The number of anilines is 1. The van der Waals surface area contributed by atoms with Crippen LogP contribution in [0.4, 0.5) is 14.6 Å². The normalized spacial score (nSPS) is 24.5. The van der Waals surface area contributed by atoms with E-state index in [0.717, 1.165) is 58.3 Å². The molecule has 2 N–H and O–H groups in total. The van der Waals surface area contributed by atoms with Crippen molar-refractivity contribution in [1.29, 1.82) is 0 Å². The fraction of sp³-hybridized carbons (Fsp3) is 0.524. The summed E-state index contributed by atoms with van der Waals surface area (Å²) in [4.78, 5) is 32.7. The number of likely N-dealkylation sites (tertiary alicyclic amines) is 2. The van der Waals surface area contributed by atoms with E-state index >= 15 is 8.78 Å². The zero-order chi connectivity index (χ0) is 39.4. The molecule has 2 aromatic heterocycles. The standard InChI is InChI=1S/C42H48F2N6O6/c1-5-28-30(43)11-10-26-17-27(51)18-29(33(26)28)36-35(44)37-34(39(45-36)54-4)38(49-15-16-55-23-41(3,53)22-49)47-40(46-37)56-24-42-12-7-9-31(42)48(14-8-13-42)19-25-20-50(21-25)32(52)6-2/h1,10-11,17-18,25,31,51,53H,6-9,12-16,19-24H2,2-4H3. The molecular formula is C42H48F2N6O6. The predicted octanol–water partition coefficient (Wildman–Crippen LogP) is 5.29. The van der Waals surface area contributed by atoms with Gasteiger partial charge in [-0.25, -0.2) is 13.8 Å². The molecule has 1 aliphatic carbocycles. The summed E-state index contributed by atoms with van der Waals surface area (Å²) in [6.45, 7) is 8.20. The van der Waals surface area contributed by atoms with Gasteiger partial charge in [0, 0.05) is 60.9 Å². The Morgan fingerprint density at radius 2 is 1.93 bits per heavy atom. The van der Waals surface area contributed by atoms with E-state index in [1.54, 1.807) is 11.8 Å². The molecule has 0 bridgehead atoms. The largest absolute Gasteiger partial charge is 0.508 e. The summed E-state index contributed by atoms with van der Waals surface area (Å²) in [5.41, 5.74) is -1.88. The van der Waals surface area contributed by atoms with Crippen LogP contribution in [0.2, 0.25) is 0 Å². The molecule has 8 rings (SSSR count). The number of halogens is 2. The fourth-order valence-electron chi connectivity index (χ4n) is 9.54. The Bertz CT molecular complexity index is 2220. The third-order valence-corrected chi connectivity index (χ3v) is 12.1. The molecule has 1 saturated carbocycles. The molecule has 296 valence electrons. The van der Waals surface area contributed by atoms with Gasteiger partial charge in [-0.1, -0.05) is 25.3 Å². The molecule has 0 radical (unpaired) electrons. The third-order valence-electron chi connectivity index (χ3n) is 12.1. The minimum Gasteiger partial charge on any atom is -0.508 e. The van der Waals surface area contributed by atoms with Crippen LogP contribution in [-0.4, -0.2) is 119 Å². The summed E-state index contributed by atoms with van der Waals surface area (Å²) in [6.07, 6.45) is 11.3. The number of terminal acetylenes is 1. The van der Waals surface area contributed by atoms with Gasteiger partial charge >= 0.3 is 6.01 Å². The number of piperidine rings is 1. The minimum atomic E-state index is -1.26. The highest BCUT2D eigenvalue weighted by Crippen LogP contribution is 2.49. The van der Waals surface area contributed by atoms with Crippen molar-refractivity contribution in [3.05, 3.63) is 41.5 Å². The molecule has 1 amide bonds. The van der Waals surface area contributed by atoms with Gasteiger partial charge in [-0.3, -0.25) is 9.69 Å². The van der Waals surface area contributed by atoms with Gasteiger partial charge in [-0.2, -0.15) is 9.97 Å². The number of carbonyl (C=O) groups excluding carboxylic acids is 1. The molecule has 3 atom stereocenters. The lowest BCUT2D eigenvalue weighted by Crippen LogP contribution is -2.58.